The number of hydrazone groups is 1. The summed E-state index contributed by atoms with van der Waals surface area (Å²) in [4.78, 5) is 11.2. The van der Waals surface area contributed by atoms with Gasteiger partial charge in [0.05, 0.1) is 11.3 Å². The Hall–Kier alpha value is -1.85. The maximum absolute atomic E-state index is 13.1. The summed E-state index contributed by atoms with van der Waals surface area (Å²) in [5.74, 6) is 0. The number of carbonyl (C=O) groups excluding carboxylic acids is 1. The summed E-state index contributed by atoms with van der Waals surface area (Å²) in [6, 6.07) is 4.49. The maximum atomic E-state index is 13.1. The highest BCUT2D eigenvalue weighted by atomic mass is 19.4. The quantitative estimate of drug-likeness (QED) is 0.776. The minimum Gasteiger partial charge on any atom is -0.301 e. The number of benzene rings is 1. The van der Waals surface area contributed by atoms with Crippen LogP contribution < -0.4 is 5.01 Å². The minimum atomic E-state index is -4.48. The van der Waals surface area contributed by atoms with E-state index in [0.717, 1.165) is 11.8 Å². The molecule has 0 radical (unpaired) electrons. The lowest BCUT2D eigenvalue weighted by atomic mass is 9.87. The third-order valence-electron chi connectivity index (χ3n) is 3.42. The van der Waals surface area contributed by atoms with Crippen LogP contribution in [-0.4, -0.2) is 18.0 Å². The van der Waals surface area contributed by atoms with Crippen molar-refractivity contribution in [3.05, 3.63) is 29.8 Å². The molecule has 3 nitrogen and oxygen atoms in total. The molecule has 21 heavy (non-hydrogen) atoms. The summed E-state index contributed by atoms with van der Waals surface area (Å²) >= 11 is 0. The molecule has 114 valence electrons. The van der Waals surface area contributed by atoms with E-state index in [-0.39, 0.29) is 11.1 Å². The van der Waals surface area contributed by atoms with Crippen LogP contribution in [0.1, 0.15) is 32.8 Å². The molecule has 1 atom stereocenters. The molecule has 1 unspecified atom stereocenters. The van der Waals surface area contributed by atoms with Gasteiger partial charge in [0.1, 0.15) is 12.3 Å². The highest BCUT2D eigenvalue weighted by Crippen LogP contribution is 2.39. The van der Waals surface area contributed by atoms with Gasteiger partial charge >= 0.3 is 6.18 Å². The van der Waals surface area contributed by atoms with Crippen LogP contribution in [0.2, 0.25) is 0 Å². The summed E-state index contributed by atoms with van der Waals surface area (Å²) in [7, 11) is 0. The number of hydrogen-bond donors (Lipinski definition) is 0. The number of rotatable bonds is 2. The normalized spacial score (nSPS) is 19.6. The first-order chi connectivity index (χ1) is 9.64. The maximum Gasteiger partial charge on any atom is 0.418 e. The Morgan fingerprint density at radius 1 is 1.24 bits per heavy atom. The van der Waals surface area contributed by atoms with Crippen LogP contribution in [0, 0.1) is 5.41 Å². The molecule has 1 aromatic rings. The van der Waals surface area contributed by atoms with Gasteiger partial charge in [-0.2, -0.15) is 18.3 Å². The Morgan fingerprint density at radius 3 is 2.38 bits per heavy atom. The molecule has 0 saturated carbocycles. The van der Waals surface area contributed by atoms with Crippen LogP contribution in [0.4, 0.5) is 18.9 Å². The van der Waals surface area contributed by atoms with Crippen molar-refractivity contribution in [2.45, 2.75) is 39.4 Å². The van der Waals surface area contributed by atoms with Crippen molar-refractivity contribution in [3.8, 4) is 0 Å². The molecule has 0 aromatic heterocycles. The number of hydrogen-bond acceptors (Lipinski definition) is 3. The molecule has 2 rings (SSSR count). The van der Waals surface area contributed by atoms with Crippen molar-refractivity contribution in [3.63, 3.8) is 0 Å². The van der Waals surface area contributed by atoms with Gasteiger partial charge in [-0.1, -0.05) is 32.9 Å². The lowest BCUT2D eigenvalue weighted by Crippen LogP contribution is -2.29. The van der Waals surface area contributed by atoms with E-state index in [1.54, 1.807) is 0 Å². The molecule has 1 heterocycles. The fourth-order valence-corrected chi connectivity index (χ4v) is 2.24. The first-order valence-electron chi connectivity index (χ1n) is 6.63. The van der Waals surface area contributed by atoms with E-state index in [1.165, 1.54) is 23.2 Å². The summed E-state index contributed by atoms with van der Waals surface area (Å²) in [6.45, 7) is 5.77. The van der Waals surface area contributed by atoms with Crippen LogP contribution in [-0.2, 0) is 11.0 Å². The molecule has 0 bridgehead atoms. The molecule has 0 N–H and O–H groups in total. The van der Waals surface area contributed by atoms with E-state index >= 15 is 0 Å². The molecule has 6 heteroatoms. The van der Waals surface area contributed by atoms with Crippen LogP contribution in [0.15, 0.2) is 29.4 Å². The molecule has 0 saturated heterocycles. The van der Waals surface area contributed by atoms with Gasteiger partial charge in [-0.3, -0.25) is 5.01 Å². The first kappa shape index (κ1) is 15.5. The SMILES string of the molecule is CC(C)(C)C1=NN(c2ccccc2C(F)(F)F)C(C=O)C1. The Balaban J connectivity index is 2.50. The van der Waals surface area contributed by atoms with Gasteiger partial charge < -0.3 is 4.79 Å². The van der Waals surface area contributed by atoms with Crippen molar-refractivity contribution < 1.29 is 18.0 Å². The lowest BCUT2D eigenvalue weighted by molar-refractivity contribution is -0.137. The zero-order valence-electron chi connectivity index (χ0n) is 12.1. The predicted octanol–water partition coefficient (Wildman–Crippen LogP) is 3.89. The second-order valence-electron chi connectivity index (χ2n) is 6.06. The topological polar surface area (TPSA) is 32.7 Å². The van der Waals surface area contributed by atoms with Gasteiger partial charge in [0.25, 0.3) is 0 Å². The predicted molar refractivity (Wildman–Crippen MR) is 75.3 cm³/mol. The summed E-state index contributed by atoms with van der Waals surface area (Å²) in [5, 5.41) is 5.47. The number of anilines is 1. The fourth-order valence-electron chi connectivity index (χ4n) is 2.24. The minimum absolute atomic E-state index is 0.0821. The molecular formula is C15H17F3N2O. The number of nitrogens with zero attached hydrogens (tertiary/aromatic N) is 2. The Bertz CT molecular complexity index is 573. The fraction of sp³-hybridized carbons (Fsp3) is 0.467. The third-order valence-corrected chi connectivity index (χ3v) is 3.42. The Labute approximate surface area is 121 Å². The monoisotopic (exact) mass is 298 g/mol. The van der Waals surface area contributed by atoms with Gasteiger partial charge in [-0.25, -0.2) is 0 Å². The number of carbonyl (C=O) groups is 1. The molecule has 1 aliphatic rings. The van der Waals surface area contributed by atoms with E-state index in [4.69, 9.17) is 0 Å². The average molecular weight is 298 g/mol. The average Bonchev–Trinajstić information content (AvgIpc) is 2.81. The van der Waals surface area contributed by atoms with Crippen molar-refractivity contribution in [1.82, 2.24) is 0 Å². The van der Waals surface area contributed by atoms with E-state index in [2.05, 4.69) is 5.10 Å². The van der Waals surface area contributed by atoms with Gasteiger partial charge in [-0.05, 0) is 12.1 Å². The van der Waals surface area contributed by atoms with Crippen LogP contribution in [0.25, 0.3) is 0 Å². The van der Waals surface area contributed by atoms with Gasteiger partial charge in [0.2, 0.25) is 0 Å². The van der Waals surface area contributed by atoms with Gasteiger partial charge in [0.15, 0.2) is 0 Å². The van der Waals surface area contributed by atoms with Crippen molar-refractivity contribution in [2.24, 2.45) is 10.5 Å². The molecule has 0 aliphatic carbocycles. The Morgan fingerprint density at radius 2 is 1.86 bits per heavy atom. The summed E-state index contributed by atoms with van der Waals surface area (Å²) < 4.78 is 39.3. The summed E-state index contributed by atoms with van der Waals surface area (Å²) in [5.41, 5.74) is -0.433. The van der Waals surface area contributed by atoms with Gasteiger partial charge in [0, 0.05) is 17.5 Å². The highest BCUT2D eigenvalue weighted by molar-refractivity contribution is 5.96. The van der Waals surface area contributed by atoms with Crippen LogP contribution >= 0.6 is 0 Å². The van der Waals surface area contributed by atoms with Crippen LogP contribution in [0.3, 0.4) is 0 Å². The zero-order chi connectivity index (χ0) is 15.8. The van der Waals surface area contributed by atoms with E-state index in [0.29, 0.717) is 12.7 Å². The van der Waals surface area contributed by atoms with Crippen LogP contribution in [0.5, 0.6) is 0 Å². The van der Waals surface area contributed by atoms with Gasteiger partial charge in [-0.15, -0.1) is 0 Å². The molecule has 0 amide bonds. The molecular weight excluding hydrogens is 281 g/mol. The standard InChI is InChI=1S/C15H17F3N2O/c1-14(2,3)13-8-10(9-21)20(19-13)12-7-5-4-6-11(12)15(16,17)18/h4-7,9-10H,8H2,1-3H3. The molecule has 0 fully saturated rings. The molecule has 0 spiro atoms. The number of alkyl halides is 3. The third kappa shape index (κ3) is 3.09. The highest BCUT2D eigenvalue weighted by Gasteiger charge is 2.39. The van der Waals surface area contributed by atoms with E-state index in [1.807, 2.05) is 20.8 Å². The van der Waals surface area contributed by atoms with E-state index in [9.17, 15) is 18.0 Å². The number of aldehydes is 1. The zero-order valence-corrected chi connectivity index (χ0v) is 12.1. The Kier molecular flexibility index (Phi) is 3.82. The summed E-state index contributed by atoms with van der Waals surface area (Å²) in [6.07, 6.45) is -3.49. The van der Waals surface area contributed by atoms with E-state index < -0.39 is 17.8 Å². The molecule has 1 aliphatic heterocycles. The number of halogens is 3. The van der Waals surface area contributed by atoms with Crippen molar-refractivity contribution >= 4 is 17.7 Å². The second-order valence-corrected chi connectivity index (χ2v) is 6.06. The lowest BCUT2D eigenvalue weighted by Gasteiger charge is -2.23. The van der Waals surface area contributed by atoms with Crippen molar-refractivity contribution in [2.75, 3.05) is 5.01 Å². The number of para-hydroxylation sites is 1. The molecule has 1 aromatic carbocycles. The smallest absolute Gasteiger partial charge is 0.301 e. The first-order valence-corrected chi connectivity index (χ1v) is 6.63. The van der Waals surface area contributed by atoms with Crippen molar-refractivity contribution in [1.29, 1.82) is 0 Å². The second kappa shape index (κ2) is 5.16. The largest absolute Gasteiger partial charge is 0.418 e.